The summed E-state index contributed by atoms with van der Waals surface area (Å²) in [6.45, 7) is 3.76. The zero-order valence-corrected chi connectivity index (χ0v) is 10.7. The van der Waals surface area contributed by atoms with Crippen LogP contribution in [-0.2, 0) is 9.53 Å². The fourth-order valence-electron chi connectivity index (χ4n) is 2.93. The second-order valence-corrected chi connectivity index (χ2v) is 5.44. The summed E-state index contributed by atoms with van der Waals surface area (Å²) in [5, 5.41) is 9.87. The van der Waals surface area contributed by atoms with Crippen LogP contribution in [0.1, 0.15) is 33.1 Å². The molecule has 4 heteroatoms. The van der Waals surface area contributed by atoms with Crippen molar-refractivity contribution in [2.24, 2.45) is 0 Å². The summed E-state index contributed by atoms with van der Waals surface area (Å²) >= 11 is 0. The molecule has 0 aromatic heterocycles. The Kier molecular flexibility index (Phi) is 3.54. The highest BCUT2D eigenvalue weighted by Crippen LogP contribution is 2.35. The van der Waals surface area contributed by atoms with E-state index in [2.05, 4.69) is 4.90 Å². The Bertz CT molecular complexity index is 336. The molecule has 2 heterocycles. The van der Waals surface area contributed by atoms with Gasteiger partial charge in [0, 0.05) is 31.0 Å². The summed E-state index contributed by atoms with van der Waals surface area (Å²) in [5.41, 5.74) is 0.950. The summed E-state index contributed by atoms with van der Waals surface area (Å²) in [6.07, 6.45) is 3.61. The average Bonchev–Trinajstić information content (AvgIpc) is 2.39. The van der Waals surface area contributed by atoms with E-state index in [1.54, 1.807) is 0 Å². The number of carbonyl (C=O) groups is 1. The number of hydrogen-bond donors (Lipinski definition) is 1. The number of fused-ring (bicyclic) bond motifs is 2. The SMILES string of the molecule is CC(C)=CC(=O)OC1CC2CC(O)C(C1)N2C. The van der Waals surface area contributed by atoms with E-state index in [9.17, 15) is 9.90 Å². The summed E-state index contributed by atoms with van der Waals surface area (Å²) in [7, 11) is 2.04. The third-order valence-corrected chi connectivity index (χ3v) is 3.79. The van der Waals surface area contributed by atoms with E-state index in [0.29, 0.717) is 6.04 Å². The highest BCUT2D eigenvalue weighted by atomic mass is 16.5. The summed E-state index contributed by atoms with van der Waals surface area (Å²) in [5.74, 6) is -0.256. The van der Waals surface area contributed by atoms with E-state index in [1.165, 1.54) is 6.08 Å². The molecule has 17 heavy (non-hydrogen) atoms. The minimum atomic E-state index is -0.267. The van der Waals surface area contributed by atoms with E-state index >= 15 is 0 Å². The number of allylic oxidation sites excluding steroid dienone is 1. The first-order valence-electron chi connectivity index (χ1n) is 6.23. The largest absolute Gasteiger partial charge is 0.459 e. The predicted octanol–water partition coefficient (Wildman–Crippen LogP) is 1.09. The molecule has 4 unspecified atom stereocenters. The van der Waals surface area contributed by atoms with Gasteiger partial charge >= 0.3 is 5.97 Å². The Hall–Kier alpha value is -0.870. The molecule has 0 radical (unpaired) electrons. The summed E-state index contributed by atoms with van der Waals surface area (Å²) < 4.78 is 5.43. The third-order valence-electron chi connectivity index (χ3n) is 3.79. The number of hydrogen-bond acceptors (Lipinski definition) is 4. The van der Waals surface area contributed by atoms with Gasteiger partial charge in [0.2, 0.25) is 0 Å². The van der Waals surface area contributed by atoms with Gasteiger partial charge in [0.1, 0.15) is 6.10 Å². The first-order valence-corrected chi connectivity index (χ1v) is 6.23. The fraction of sp³-hybridized carbons (Fsp3) is 0.769. The molecule has 0 amide bonds. The van der Waals surface area contributed by atoms with Crippen LogP contribution in [0.3, 0.4) is 0 Å². The van der Waals surface area contributed by atoms with Crippen molar-refractivity contribution in [3.05, 3.63) is 11.6 Å². The van der Waals surface area contributed by atoms with Gasteiger partial charge in [0.15, 0.2) is 0 Å². The van der Waals surface area contributed by atoms with Crippen molar-refractivity contribution in [2.45, 2.75) is 57.4 Å². The van der Waals surface area contributed by atoms with Crippen LogP contribution in [0, 0.1) is 0 Å². The lowest BCUT2D eigenvalue weighted by atomic mass is 10.0. The number of likely N-dealkylation sites (N-methyl/N-ethyl adjacent to an activating group) is 1. The number of esters is 1. The Morgan fingerprint density at radius 2 is 2.06 bits per heavy atom. The highest BCUT2D eigenvalue weighted by molar-refractivity contribution is 5.82. The molecule has 1 N–H and O–H groups in total. The van der Waals surface area contributed by atoms with Gasteiger partial charge < -0.3 is 9.84 Å². The van der Waals surface area contributed by atoms with Crippen molar-refractivity contribution in [2.75, 3.05) is 7.05 Å². The van der Waals surface area contributed by atoms with Crippen LogP contribution in [0.25, 0.3) is 0 Å². The van der Waals surface area contributed by atoms with Crippen molar-refractivity contribution in [1.29, 1.82) is 0 Å². The molecule has 2 rings (SSSR count). The molecular formula is C13H21NO3. The number of ether oxygens (including phenoxy) is 1. The summed E-state index contributed by atoms with van der Waals surface area (Å²) in [6, 6.07) is 0.506. The third kappa shape index (κ3) is 2.69. The number of piperidine rings is 1. The van der Waals surface area contributed by atoms with E-state index in [0.717, 1.165) is 24.8 Å². The molecule has 0 aromatic rings. The molecule has 2 saturated heterocycles. The smallest absolute Gasteiger partial charge is 0.330 e. The minimum Gasteiger partial charge on any atom is -0.459 e. The zero-order valence-electron chi connectivity index (χ0n) is 10.7. The van der Waals surface area contributed by atoms with Gasteiger partial charge in [-0.3, -0.25) is 4.90 Å². The van der Waals surface area contributed by atoms with Gasteiger partial charge in [-0.1, -0.05) is 5.57 Å². The second-order valence-electron chi connectivity index (χ2n) is 5.44. The predicted molar refractivity (Wildman–Crippen MR) is 64.5 cm³/mol. The molecular weight excluding hydrogens is 218 g/mol. The lowest BCUT2D eigenvalue weighted by Gasteiger charge is -2.35. The Morgan fingerprint density at radius 3 is 2.65 bits per heavy atom. The number of rotatable bonds is 2. The number of nitrogens with zero attached hydrogens (tertiary/aromatic N) is 1. The molecule has 2 bridgehead atoms. The van der Waals surface area contributed by atoms with Crippen molar-refractivity contribution in [1.82, 2.24) is 4.90 Å². The maximum absolute atomic E-state index is 11.5. The van der Waals surface area contributed by atoms with Crippen LogP contribution < -0.4 is 0 Å². The van der Waals surface area contributed by atoms with Crippen LogP contribution >= 0.6 is 0 Å². The maximum atomic E-state index is 11.5. The quantitative estimate of drug-likeness (QED) is 0.579. The molecule has 4 nitrogen and oxygen atoms in total. The van der Waals surface area contributed by atoms with Crippen LogP contribution in [-0.4, -0.2) is 47.3 Å². The van der Waals surface area contributed by atoms with Crippen LogP contribution in [0.4, 0.5) is 0 Å². The molecule has 0 aliphatic carbocycles. The van der Waals surface area contributed by atoms with Crippen molar-refractivity contribution < 1.29 is 14.6 Å². The Labute approximate surface area is 102 Å². The topological polar surface area (TPSA) is 49.8 Å². The number of aliphatic hydroxyl groups excluding tert-OH is 1. The average molecular weight is 239 g/mol. The van der Waals surface area contributed by atoms with Crippen LogP contribution in [0.2, 0.25) is 0 Å². The van der Waals surface area contributed by atoms with E-state index in [4.69, 9.17) is 4.74 Å². The first kappa shape index (κ1) is 12.6. The molecule has 0 aromatic carbocycles. The lowest BCUT2D eigenvalue weighted by molar-refractivity contribution is -0.146. The molecule has 0 saturated carbocycles. The lowest BCUT2D eigenvalue weighted by Crippen LogP contribution is -2.45. The van der Waals surface area contributed by atoms with Gasteiger partial charge in [-0.05, 0) is 27.3 Å². The van der Waals surface area contributed by atoms with E-state index in [1.807, 2.05) is 20.9 Å². The Balaban J connectivity index is 1.94. The van der Waals surface area contributed by atoms with Crippen LogP contribution in [0.5, 0.6) is 0 Å². The normalized spacial score (nSPS) is 36.7. The highest BCUT2D eigenvalue weighted by Gasteiger charge is 2.45. The summed E-state index contributed by atoms with van der Waals surface area (Å²) in [4.78, 5) is 13.8. The number of aliphatic hydroxyl groups is 1. The monoisotopic (exact) mass is 239 g/mol. The molecule has 2 aliphatic heterocycles. The first-order chi connectivity index (χ1) is 7.97. The van der Waals surface area contributed by atoms with Gasteiger partial charge in [-0.2, -0.15) is 0 Å². The van der Waals surface area contributed by atoms with Crippen molar-refractivity contribution >= 4 is 5.97 Å². The van der Waals surface area contributed by atoms with Gasteiger partial charge in [0.05, 0.1) is 6.10 Å². The molecule has 96 valence electrons. The molecule has 4 atom stereocenters. The molecule has 0 spiro atoms. The number of carbonyl (C=O) groups excluding carboxylic acids is 1. The van der Waals surface area contributed by atoms with E-state index in [-0.39, 0.29) is 24.2 Å². The maximum Gasteiger partial charge on any atom is 0.330 e. The zero-order chi connectivity index (χ0) is 12.6. The second kappa shape index (κ2) is 4.78. The van der Waals surface area contributed by atoms with Crippen molar-refractivity contribution in [3.8, 4) is 0 Å². The molecule has 2 fully saturated rings. The standard InChI is InChI=1S/C13H21NO3/c1-8(2)4-13(16)17-10-5-9-6-12(15)11(7-10)14(9)3/h4,9-12,15H,5-7H2,1-3H3. The molecule has 2 aliphatic rings. The fourth-order valence-corrected chi connectivity index (χ4v) is 2.93. The van der Waals surface area contributed by atoms with Gasteiger partial charge in [-0.25, -0.2) is 4.79 Å². The van der Waals surface area contributed by atoms with Crippen molar-refractivity contribution in [3.63, 3.8) is 0 Å². The Morgan fingerprint density at radius 1 is 1.35 bits per heavy atom. The van der Waals surface area contributed by atoms with Crippen LogP contribution in [0.15, 0.2) is 11.6 Å². The minimum absolute atomic E-state index is 0.0403. The van der Waals surface area contributed by atoms with Gasteiger partial charge in [-0.15, -0.1) is 0 Å². The van der Waals surface area contributed by atoms with Gasteiger partial charge in [0.25, 0.3) is 0 Å². The van der Waals surface area contributed by atoms with E-state index < -0.39 is 0 Å².